The Morgan fingerprint density at radius 3 is 3.00 bits per heavy atom. The van der Waals surface area contributed by atoms with Gasteiger partial charge < -0.3 is 14.2 Å². The van der Waals surface area contributed by atoms with E-state index in [1.54, 1.807) is 24.2 Å². The largest absolute Gasteiger partial charge is 0.470 e. The summed E-state index contributed by atoms with van der Waals surface area (Å²) in [5.41, 5.74) is -0.0790. The van der Waals surface area contributed by atoms with Gasteiger partial charge in [-0.1, -0.05) is 0 Å². The minimum Gasteiger partial charge on any atom is -0.470 e. The topological polar surface area (TPSA) is 101 Å². The molecule has 1 amide bonds. The SMILES string of the molecule is Cn1cccc(C(=O)N2CCC(Oc3nccnc3C#N)C2)c1=O. The van der Waals surface area contributed by atoms with E-state index in [9.17, 15) is 9.59 Å². The Morgan fingerprint density at radius 2 is 2.21 bits per heavy atom. The first kappa shape index (κ1) is 15.7. The highest BCUT2D eigenvalue weighted by Gasteiger charge is 2.30. The van der Waals surface area contributed by atoms with Gasteiger partial charge in [-0.25, -0.2) is 9.97 Å². The monoisotopic (exact) mass is 325 g/mol. The van der Waals surface area contributed by atoms with Gasteiger partial charge in [0.05, 0.1) is 6.54 Å². The minimum atomic E-state index is -0.326. The van der Waals surface area contributed by atoms with Crippen molar-refractivity contribution in [2.75, 3.05) is 13.1 Å². The van der Waals surface area contributed by atoms with E-state index in [4.69, 9.17) is 10.00 Å². The molecule has 8 heteroatoms. The molecule has 0 bridgehead atoms. The predicted molar refractivity (Wildman–Crippen MR) is 83.4 cm³/mol. The molecule has 0 radical (unpaired) electrons. The third-order valence-electron chi connectivity index (χ3n) is 3.83. The standard InChI is InChI=1S/C16H15N5O3/c1-20-7-2-3-12(15(20)22)16(23)21-8-4-11(10-21)24-14-13(9-17)18-5-6-19-14/h2-3,5-7,11H,4,8,10H2,1H3. The summed E-state index contributed by atoms with van der Waals surface area (Å²) in [6, 6.07) is 5.11. The summed E-state index contributed by atoms with van der Waals surface area (Å²) in [7, 11) is 1.60. The lowest BCUT2D eigenvalue weighted by Gasteiger charge is -2.17. The molecule has 0 saturated carbocycles. The number of nitriles is 1. The van der Waals surface area contributed by atoms with Gasteiger partial charge in [-0.05, 0) is 12.1 Å². The quantitative estimate of drug-likeness (QED) is 0.806. The predicted octanol–water partition coefficient (Wildman–Crippen LogP) is 0.340. The molecule has 8 nitrogen and oxygen atoms in total. The van der Waals surface area contributed by atoms with Gasteiger partial charge in [0.2, 0.25) is 5.69 Å². The van der Waals surface area contributed by atoms with Gasteiger partial charge >= 0.3 is 0 Å². The molecule has 3 rings (SSSR count). The molecule has 0 spiro atoms. The Kier molecular flexibility index (Phi) is 4.24. The molecule has 24 heavy (non-hydrogen) atoms. The fourth-order valence-electron chi connectivity index (χ4n) is 2.59. The zero-order chi connectivity index (χ0) is 17.1. The van der Waals surface area contributed by atoms with Crippen molar-refractivity contribution in [3.8, 4) is 11.9 Å². The van der Waals surface area contributed by atoms with Crippen LogP contribution in [0.5, 0.6) is 5.88 Å². The van der Waals surface area contributed by atoms with Crippen molar-refractivity contribution in [2.45, 2.75) is 12.5 Å². The third kappa shape index (κ3) is 2.96. The lowest BCUT2D eigenvalue weighted by molar-refractivity contribution is 0.0768. The normalized spacial score (nSPS) is 16.7. The summed E-state index contributed by atoms with van der Waals surface area (Å²) in [4.78, 5) is 34.0. The summed E-state index contributed by atoms with van der Waals surface area (Å²) in [5.74, 6) is -0.156. The van der Waals surface area contributed by atoms with Crippen LogP contribution >= 0.6 is 0 Å². The fraction of sp³-hybridized carbons (Fsp3) is 0.312. The van der Waals surface area contributed by atoms with Crippen molar-refractivity contribution in [1.29, 1.82) is 5.26 Å². The van der Waals surface area contributed by atoms with Crippen LogP contribution in [0, 0.1) is 11.3 Å². The number of ether oxygens (including phenoxy) is 1. The highest BCUT2D eigenvalue weighted by Crippen LogP contribution is 2.19. The van der Waals surface area contributed by atoms with E-state index in [1.807, 2.05) is 6.07 Å². The molecular weight excluding hydrogens is 310 g/mol. The smallest absolute Gasteiger partial charge is 0.263 e. The zero-order valence-electron chi connectivity index (χ0n) is 13.0. The average Bonchev–Trinajstić information content (AvgIpc) is 3.06. The summed E-state index contributed by atoms with van der Waals surface area (Å²) in [5, 5.41) is 9.00. The molecule has 2 aromatic heterocycles. The van der Waals surface area contributed by atoms with Crippen molar-refractivity contribution in [2.24, 2.45) is 7.05 Å². The number of nitrogens with zero attached hydrogens (tertiary/aromatic N) is 5. The summed E-state index contributed by atoms with van der Waals surface area (Å²) in [6.45, 7) is 0.808. The molecule has 2 aromatic rings. The van der Waals surface area contributed by atoms with Crippen molar-refractivity contribution in [3.63, 3.8) is 0 Å². The maximum absolute atomic E-state index is 12.5. The van der Waals surface area contributed by atoms with Crippen molar-refractivity contribution in [1.82, 2.24) is 19.4 Å². The number of hydrogen-bond donors (Lipinski definition) is 0. The van der Waals surface area contributed by atoms with Crippen LogP contribution in [0.1, 0.15) is 22.5 Å². The fourth-order valence-corrected chi connectivity index (χ4v) is 2.59. The van der Waals surface area contributed by atoms with Crippen LogP contribution in [-0.4, -0.2) is 44.5 Å². The van der Waals surface area contributed by atoms with E-state index in [0.717, 1.165) is 0 Å². The highest BCUT2D eigenvalue weighted by atomic mass is 16.5. The average molecular weight is 325 g/mol. The number of amides is 1. The molecule has 0 aromatic carbocycles. The Hall–Kier alpha value is -3.21. The first-order valence-electron chi connectivity index (χ1n) is 7.43. The molecule has 3 heterocycles. The second-order valence-corrected chi connectivity index (χ2v) is 5.44. The van der Waals surface area contributed by atoms with Gasteiger partial charge in [-0.15, -0.1) is 0 Å². The number of carbonyl (C=O) groups excluding carboxylic acids is 1. The Balaban J connectivity index is 1.71. The summed E-state index contributed by atoms with van der Waals surface area (Å²) >= 11 is 0. The second kappa shape index (κ2) is 6.50. The first-order valence-corrected chi connectivity index (χ1v) is 7.43. The number of pyridine rings is 1. The lowest BCUT2D eigenvalue weighted by Crippen LogP contribution is -2.35. The summed E-state index contributed by atoms with van der Waals surface area (Å²) in [6.07, 6.45) is 4.78. The highest BCUT2D eigenvalue weighted by molar-refractivity contribution is 5.94. The van der Waals surface area contributed by atoms with Gasteiger partial charge in [-0.2, -0.15) is 5.26 Å². The van der Waals surface area contributed by atoms with Crippen molar-refractivity contribution < 1.29 is 9.53 Å². The van der Waals surface area contributed by atoms with Crippen LogP contribution < -0.4 is 10.3 Å². The molecule has 0 aliphatic carbocycles. The molecule has 0 N–H and O–H groups in total. The van der Waals surface area contributed by atoms with Crippen LogP contribution in [0.25, 0.3) is 0 Å². The van der Waals surface area contributed by atoms with Crippen LogP contribution in [0.4, 0.5) is 0 Å². The second-order valence-electron chi connectivity index (χ2n) is 5.44. The number of hydrogen-bond acceptors (Lipinski definition) is 6. The van der Waals surface area contributed by atoms with Crippen LogP contribution in [0.2, 0.25) is 0 Å². The van der Waals surface area contributed by atoms with Crippen LogP contribution in [0.3, 0.4) is 0 Å². The maximum atomic E-state index is 12.5. The molecule has 1 unspecified atom stereocenters. The lowest BCUT2D eigenvalue weighted by atomic mass is 10.2. The maximum Gasteiger partial charge on any atom is 0.263 e. The van der Waals surface area contributed by atoms with E-state index in [-0.39, 0.29) is 34.7 Å². The Morgan fingerprint density at radius 1 is 1.42 bits per heavy atom. The third-order valence-corrected chi connectivity index (χ3v) is 3.83. The van der Waals surface area contributed by atoms with Gasteiger partial charge in [-0.3, -0.25) is 9.59 Å². The van der Waals surface area contributed by atoms with Gasteiger partial charge in [0, 0.05) is 38.6 Å². The number of aromatic nitrogens is 3. The van der Waals surface area contributed by atoms with Gasteiger partial charge in [0.1, 0.15) is 17.7 Å². The number of aryl methyl sites for hydroxylation is 1. The van der Waals surface area contributed by atoms with E-state index < -0.39 is 0 Å². The number of likely N-dealkylation sites (tertiary alicyclic amines) is 1. The number of rotatable bonds is 3. The van der Waals surface area contributed by atoms with Gasteiger partial charge in [0.25, 0.3) is 17.3 Å². The van der Waals surface area contributed by atoms with Crippen molar-refractivity contribution >= 4 is 5.91 Å². The van der Waals surface area contributed by atoms with Crippen molar-refractivity contribution in [3.05, 3.63) is 52.3 Å². The van der Waals surface area contributed by atoms with E-state index >= 15 is 0 Å². The molecular formula is C16H15N5O3. The zero-order valence-corrected chi connectivity index (χ0v) is 13.0. The Labute approximate surface area is 137 Å². The van der Waals surface area contributed by atoms with E-state index in [0.29, 0.717) is 19.5 Å². The molecule has 1 aliphatic heterocycles. The minimum absolute atomic E-state index is 0.110. The molecule has 122 valence electrons. The number of carbonyl (C=O) groups is 1. The van der Waals surface area contributed by atoms with E-state index in [1.165, 1.54) is 23.0 Å². The Bertz CT molecular complexity index is 871. The molecule has 1 aliphatic rings. The molecule has 1 fully saturated rings. The van der Waals surface area contributed by atoms with Gasteiger partial charge in [0.15, 0.2) is 0 Å². The molecule has 1 atom stereocenters. The van der Waals surface area contributed by atoms with Crippen LogP contribution in [-0.2, 0) is 7.05 Å². The first-order chi connectivity index (χ1) is 11.6. The van der Waals surface area contributed by atoms with E-state index in [2.05, 4.69) is 9.97 Å². The van der Waals surface area contributed by atoms with Crippen LogP contribution in [0.15, 0.2) is 35.5 Å². The molecule has 1 saturated heterocycles. The summed E-state index contributed by atoms with van der Waals surface area (Å²) < 4.78 is 7.07.